The Hall–Kier alpha value is -1.98. The number of hydrogen-bond donors (Lipinski definition) is 2. The highest BCUT2D eigenvalue weighted by atomic mass is 32.1. The summed E-state index contributed by atoms with van der Waals surface area (Å²) < 4.78 is 1.23. The first-order valence-corrected chi connectivity index (χ1v) is 7.92. The van der Waals surface area contributed by atoms with Gasteiger partial charge in [0, 0.05) is 25.5 Å². The highest BCUT2D eigenvalue weighted by Gasteiger charge is 2.01. The fourth-order valence-corrected chi connectivity index (χ4v) is 2.98. The number of para-hydroxylation sites is 1. The Kier molecular flexibility index (Phi) is 4.76. The molecule has 4 nitrogen and oxygen atoms in total. The lowest BCUT2D eigenvalue weighted by Gasteiger charge is -2.05. The van der Waals surface area contributed by atoms with Gasteiger partial charge in [0.05, 0.1) is 10.2 Å². The summed E-state index contributed by atoms with van der Waals surface area (Å²) >= 11 is 1.71. The molecular formula is C16H18N4S. The minimum Gasteiger partial charge on any atom is -0.361 e. The molecular weight excluding hydrogens is 280 g/mol. The van der Waals surface area contributed by atoms with E-state index in [0.29, 0.717) is 0 Å². The second-order valence-corrected chi connectivity index (χ2v) is 5.84. The molecule has 0 fully saturated rings. The van der Waals surface area contributed by atoms with Crippen LogP contribution in [0, 0.1) is 0 Å². The molecule has 1 aromatic carbocycles. The number of aromatic nitrogens is 2. The van der Waals surface area contributed by atoms with Crippen LogP contribution in [0.3, 0.4) is 0 Å². The zero-order valence-electron chi connectivity index (χ0n) is 11.7. The standard InChI is InChI=1S/C16H18N4S/c1-2-7-15-14(6-1)20-16(21-15)19-10-4-9-18-12-13-5-3-8-17-11-13/h1-3,5-8,11,18H,4,9-10,12H2,(H,19,20). The summed E-state index contributed by atoms with van der Waals surface area (Å²) in [5.41, 5.74) is 2.29. The number of nitrogens with one attached hydrogen (secondary N) is 2. The first-order chi connectivity index (χ1) is 10.4. The average Bonchev–Trinajstić information content (AvgIpc) is 2.94. The van der Waals surface area contributed by atoms with Gasteiger partial charge in [0.15, 0.2) is 5.13 Å². The van der Waals surface area contributed by atoms with Gasteiger partial charge in [0.25, 0.3) is 0 Å². The predicted octanol–water partition coefficient (Wildman–Crippen LogP) is 3.28. The van der Waals surface area contributed by atoms with Crippen molar-refractivity contribution >= 4 is 26.7 Å². The van der Waals surface area contributed by atoms with Gasteiger partial charge < -0.3 is 10.6 Å². The largest absolute Gasteiger partial charge is 0.361 e. The van der Waals surface area contributed by atoms with Gasteiger partial charge in [-0.1, -0.05) is 29.5 Å². The van der Waals surface area contributed by atoms with Crippen LogP contribution < -0.4 is 10.6 Å². The minimum atomic E-state index is 0.870. The van der Waals surface area contributed by atoms with E-state index in [-0.39, 0.29) is 0 Å². The van der Waals surface area contributed by atoms with E-state index in [1.165, 1.54) is 10.3 Å². The molecule has 0 saturated carbocycles. The number of hydrogen-bond acceptors (Lipinski definition) is 5. The number of pyridine rings is 1. The monoisotopic (exact) mass is 298 g/mol. The quantitative estimate of drug-likeness (QED) is 0.657. The third-order valence-corrected chi connectivity index (χ3v) is 4.15. The van der Waals surface area contributed by atoms with E-state index in [1.807, 2.05) is 30.5 Å². The van der Waals surface area contributed by atoms with E-state index in [0.717, 1.165) is 36.7 Å². The number of rotatable bonds is 7. The molecule has 108 valence electrons. The molecule has 2 heterocycles. The second kappa shape index (κ2) is 7.15. The summed E-state index contributed by atoms with van der Waals surface area (Å²) in [5, 5.41) is 7.81. The van der Waals surface area contributed by atoms with Gasteiger partial charge in [0.1, 0.15) is 0 Å². The topological polar surface area (TPSA) is 49.8 Å². The lowest BCUT2D eigenvalue weighted by atomic mass is 10.3. The van der Waals surface area contributed by atoms with Crippen molar-refractivity contribution in [3.8, 4) is 0 Å². The number of anilines is 1. The molecule has 0 aliphatic heterocycles. The Morgan fingerprint density at radius 1 is 1.05 bits per heavy atom. The van der Waals surface area contributed by atoms with E-state index in [2.05, 4.69) is 32.7 Å². The molecule has 21 heavy (non-hydrogen) atoms. The maximum absolute atomic E-state index is 4.56. The van der Waals surface area contributed by atoms with Crippen LogP contribution in [-0.4, -0.2) is 23.1 Å². The van der Waals surface area contributed by atoms with E-state index in [4.69, 9.17) is 0 Å². The molecule has 0 atom stereocenters. The lowest BCUT2D eigenvalue weighted by Crippen LogP contribution is -2.17. The van der Waals surface area contributed by atoms with Crippen molar-refractivity contribution in [2.24, 2.45) is 0 Å². The van der Waals surface area contributed by atoms with Crippen LogP contribution in [0.15, 0.2) is 48.8 Å². The zero-order chi connectivity index (χ0) is 14.3. The van der Waals surface area contributed by atoms with Gasteiger partial charge in [-0.05, 0) is 36.7 Å². The van der Waals surface area contributed by atoms with Gasteiger partial charge in [0.2, 0.25) is 0 Å². The molecule has 0 unspecified atom stereocenters. The van der Waals surface area contributed by atoms with Crippen LogP contribution in [0.2, 0.25) is 0 Å². The summed E-state index contributed by atoms with van der Waals surface area (Å²) in [7, 11) is 0. The van der Waals surface area contributed by atoms with E-state index in [9.17, 15) is 0 Å². The van der Waals surface area contributed by atoms with Crippen LogP contribution in [0.5, 0.6) is 0 Å². The number of nitrogens with zero attached hydrogens (tertiary/aromatic N) is 2. The molecule has 5 heteroatoms. The van der Waals surface area contributed by atoms with E-state index in [1.54, 1.807) is 17.5 Å². The normalized spacial score (nSPS) is 10.9. The molecule has 0 spiro atoms. The van der Waals surface area contributed by atoms with E-state index < -0.39 is 0 Å². The van der Waals surface area contributed by atoms with Crippen LogP contribution in [-0.2, 0) is 6.54 Å². The van der Waals surface area contributed by atoms with Gasteiger partial charge >= 0.3 is 0 Å². The van der Waals surface area contributed by atoms with Crippen molar-refractivity contribution in [3.63, 3.8) is 0 Å². The average molecular weight is 298 g/mol. The Balaban J connectivity index is 1.36. The van der Waals surface area contributed by atoms with Crippen LogP contribution in [0.25, 0.3) is 10.2 Å². The fraction of sp³-hybridized carbons (Fsp3) is 0.250. The molecule has 0 aliphatic carbocycles. The van der Waals surface area contributed by atoms with Gasteiger partial charge in [-0.3, -0.25) is 4.98 Å². The smallest absolute Gasteiger partial charge is 0.183 e. The molecule has 0 bridgehead atoms. The van der Waals surface area contributed by atoms with Gasteiger partial charge in [-0.25, -0.2) is 4.98 Å². The van der Waals surface area contributed by atoms with Crippen molar-refractivity contribution in [2.45, 2.75) is 13.0 Å². The third kappa shape index (κ3) is 4.00. The highest BCUT2D eigenvalue weighted by molar-refractivity contribution is 7.22. The summed E-state index contributed by atoms with van der Waals surface area (Å²) in [6, 6.07) is 12.3. The molecule has 2 aromatic heterocycles. The lowest BCUT2D eigenvalue weighted by molar-refractivity contribution is 0.662. The molecule has 3 rings (SSSR count). The van der Waals surface area contributed by atoms with Crippen LogP contribution in [0.4, 0.5) is 5.13 Å². The number of thiazole rings is 1. The molecule has 0 amide bonds. The third-order valence-electron chi connectivity index (χ3n) is 3.15. The number of fused-ring (bicyclic) bond motifs is 1. The maximum atomic E-state index is 4.56. The van der Waals surface area contributed by atoms with Gasteiger partial charge in [-0.15, -0.1) is 0 Å². The summed E-state index contributed by atoms with van der Waals surface area (Å²) in [5.74, 6) is 0. The molecule has 0 radical (unpaired) electrons. The van der Waals surface area contributed by atoms with Crippen molar-refractivity contribution in [2.75, 3.05) is 18.4 Å². The van der Waals surface area contributed by atoms with Crippen molar-refractivity contribution in [1.82, 2.24) is 15.3 Å². The van der Waals surface area contributed by atoms with E-state index >= 15 is 0 Å². The Labute approximate surface area is 128 Å². The molecule has 0 aliphatic rings. The van der Waals surface area contributed by atoms with Crippen LogP contribution >= 0.6 is 11.3 Å². The Morgan fingerprint density at radius 2 is 2.00 bits per heavy atom. The summed E-state index contributed by atoms with van der Waals surface area (Å²) in [6.07, 6.45) is 4.76. The Bertz CT molecular complexity index is 648. The number of benzene rings is 1. The first kappa shape index (κ1) is 14.0. The molecule has 3 aromatic rings. The fourth-order valence-electron chi connectivity index (χ4n) is 2.09. The van der Waals surface area contributed by atoms with Crippen molar-refractivity contribution in [3.05, 3.63) is 54.4 Å². The Morgan fingerprint density at radius 3 is 2.86 bits per heavy atom. The molecule has 0 saturated heterocycles. The summed E-state index contributed by atoms with van der Waals surface area (Å²) in [4.78, 5) is 8.66. The van der Waals surface area contributed by atoms with Crippen molar-refractivity contribution in [1.29, 1.82) is 0 Å². The van der Waals surface area contributed by atoms with Gasteiger partial charge in [-0.2, -0.15) is 0 Å². The molecule has 2 N–H and O–H groups in total. The first-order valence-electron chi connectivity index (χ1n) is 7.11. The highest BCUT2D eigenvalue weighted by Crippen LogP contribution is 2.25. The maximum Gasteiger partial charge on any atom is 0.183 e. The zero-order valence-corrected chi connectivity index (χ0v) is 12.6. The van der Waals surface area contributed by atoms with Crippen LogP contribution in [0.1, 0.15) is 12.0 Å². The minimum absolute atomic E-state index is 0.870. The summed E-state index contributed by atoms with van der Waals surface area (Å²) in [6.45, 7) is 2.78. The predicted molar refractivity (Wildman–Crippen MR) is 88.7 cm³/mol. The SMILES string of the molecule is c1cncc(CNCCCNc2nc3ccccc3s2)c1. The second-order valence-electron chi connectivity index (χ2n) is 4.81. The van der Waals surface area contributed by atoms with Crippen molar-refractivity contribution < 1.29 is 0 Å².